The number of rotatable bonds is 3. The van der Waals surface area contributed by atoms with Crippen LogP contribution in [0.25, 0.3) is 0 Å². The van der Waals surface area contributed by atoms with Gasteiger partial charge < -0.3 is 21.2 Å². The normalized spacial score (nSPS) is 11.2. The summed E-state index contributed by atoms with van der Waals surface area (Å²) in [6.07, 6.45) is 1.24. The zero-order valence-corrected chi connectivity index (χ0v) is 10.6. The molecule has 1 heterocycles. The molecule has 0 saturated carbocycles. The van der Waals surface area contributed by atoms with Crippen molar-refractivity contribution in [3.8, 4) is 0 Å². The maximum absolute atomic E-state index is 13.2. The Morgan fingerprint density at radius 1 is 1.33 bits per heavy atom. The van der Waals surface area contributed by atoms with Crippen LogP contribution >= 0.6 is 0 Å². The molecule has 1 aromatic carbocycles. The van der Waals surface area contributed by atoms with Gasteiger partial charge in [-0.2, -0.15) is 0 Å². The molecule has 0 bridgehead atoms. The average Bonchev–Trinajstić information content (AvgIpc) is 2.48. The number of halogens is 1. The van der Waals surface area contributed by atoms with E-state index in [4.69, 9.17) is 10.9 Å². The molecule has 0 fully saturated rings. The molecule has 1 amide bonds. The van der Waals surface area contributed by atoms with Gasteiger partial charge in [-0.15, -0.1) is 0 Å². The second-order valence-electron chi connectivity index (χ2n) is 4.07. The molecule has 2 aromatic rings. The summed E-state index contributed by atoms with van der Waals surface area (Å²) in [6, 6.07) is 5.96. The summed E-state index contributed by atoms with van der Waals surface area (Å²) in [7, 11) is 0. The minimum atomic E-state index is -0.598. The Morgan fingerprint density at radius 3 is 2.71 bits per heavy atom. The summed E-state index contributed by atoms with van der Waals surface area (Å²) in [5, 5.41) is 13.9. The maximum Gasteiger partial charge on any atom is 0.257 e. The second kappa shape index (κ2) is 5.87. The smallest absolute Gasteiger partial charge is 0.257 e. The van der Waals surface area contributed by atoms with Gasteiger partial charge in [0.05, 0.1) is 11.3 Å². The van der Waals surface area contributed by atoms with Crippen molar-refractivity contribution in [1.82, 2.24) is 4.98 Å². The number of carbonyl (C=O) groups is 1. The number of hydrogen-bond acceptors (Lipinski definition) is 4. The highest BCUT2D eigenvalue weighted by Gasteiger charge is 2.13. The summed E-state index contributed by atoms with van der Waals surface area (Å²) >= 11 is 0. The number of aromatic amines is 1. The molecule has 0 aliphatic carbocycles. The number of nitrogens with two attached hydrogens (primary N) is 1. The van der Waals surface area contributed by atoms with Crippen LogP contribution in [0.4, 0.5) is 10.1 Å². The fourth-order valence-corrected chi connectivity index (χ4v) is 1.64. The molecular weight excluding hydrogens is 279 g/mol. The van der Waals surface area contributed by atoms with E-state index in [-0.39, 0.29) is 28.2 Å². The highest BCUT2D eigenvalue weighted by Crippen LogP contribution is 2.17. The van der Waals surface area contributed by atoms with E-state index >= 15 is 0 Å². The molecule has 0 radical (unpaired) electrons. The monoisotopic (exact) mass is 290 g/mol. The van der Waals surface area contributed by atoms with Gasteiger partial charge in [-0.3, -0.25) is 9.59 Å². The lowest BCUT2D eigenvalue weighted by atomic mass is 10.1. The Bertz CT molecular complexity index is 750. The number of benzene rings is 1. The molecule has 21 heavy (non-hydrogen) atoms. The van der Waals surface area contributed by atoms with E-state index in [0.29, 0.717) is 0 Å². The van der Waals surface area contributed by atoms with Gasteiger partial charge in [0.15, 0.2) is 5.84 Å². The number of amides is 1. The minimum Gasteiger partial charge on any atom is -0.409 e. The highest BCUT2D eigenvalue weighted by atomic mass is 19.1. The summed E-state index contributed by atoms with van der Waals surface area (Å²) in [5.41, 5.74) is 5.50. The van der Waals surface area contributed by atoms with Crippen LogP contribution < -0.4 is 16.6 Å². The number of carbonyl (C=O) groups excluding carboxylic acids is 1. The summed E-state index contributed by atoms with van der Waals surface area (Å²) in [4.78, 5) is 25.3. The van der Waals surface area contributed by atoms with E-state index in [0.717, 1.165) is 12.1 Å². The van der Waals surface area contributed by atoms with Crippen molar-refractivity contribution in [2.75, 3.05) is 5.32 Å². The Morgan fingerprint density at radius 2 is 2.10 bits per heavy atom. The van der Waals surface area contributed by atoms with E-state index in [9.17, 15) is 14.0 Å². The molecule has 108 valence electrons. The molecule has 0 unspecified atom stereocenters. The third-order valence-electron chi connectivity index (χ3n) is 2.66. The number of nitrogens with zero attached hydrogens (tertiary/aromatic N) is 1. The van der Waals surface area contributed by atoms with Crippen molar-refractivity contribution >= 4 is 17.4 Å². The lowest BCUT2D eigenvalue weighted by molar-refractivity contribution is 0.102. The van der Waals surface area contributed by atoms with Crippen LogP contribution in [0.5, 0.6) is 0 Å². The largest absolute Gasteiger partial charge is 0.409 e. The number of hydrogen-bond donors (Lipinski definition) is 4. The topological polar surface area (TPSA) is 121 Å². The van der Waals surface area contributed by atoms with Gasteiger partial charge in [-0.05, 0) is 24.3 Å². The van der Waals surface area contributed by atoms with Crippen LogP contribution in [-0.2, 0) is 0 Å². The molecule has 1 aromatic heterocycles. The Kier molecular flexibility index (Phi) is 3.98. The van der Waals surface area contributed by atoms with Crippen molar-refractivity contribution in [3.63, 3.8) is 0 Å². The predicted octanol–water partition coefficient (Wildman–Crippen LogP) is 0.861. The molecule has 2 rings (SSSR count). The Labute approximate surface area is 117 Å². The van der Waals surface area contributed by atoms with E-state index < -0.39 is 11.7 Å². The van der Waals surface area contributed by atoms with Crippen LogP contribution in [0.1, 0.15) is 15.9 Å². The molecule has 0 atom stereocenters. The number of amidine groups is 1. The van der Waals surface area contributed by atoms with Crippen molar-refractivity contribution in [1.29, 1.82) is 0 Å². The first-order chi connectivity index (χ1) is 10.0. The van der Waals surface area contributed by atoms with Gasteiger partial charge in [0.2, 0.25) is 5.56 Å². The molecule has 0 saturated heterocycles. The van der Waals surface area contributed by atoms with Crippen LogP contribution in [0.2, 0.25) is 0 Å². The van der Waals surface area contributed by atoms with Crippen LogP contribution in [0.15, 0.2) is 46.5 Å². The van der Waals surface area contributed by atoms with Crippen LogP contribution in [0, 0.1) is 5.82 Å². The number of pyridine rings is 1. The fraction of sp³-hybridized carbons (Fsp3) is 0. The summed E-state index contributed by atoms with van der Waals surface area (Å²) in [5.74, 6) is -1.48. The Hall–Kier alpha value is -3.16. The van der Waals surface area contributed by atoms with Crippen molar-refractivity contribution in [2.24, 2.45) is 10.9 Å². The molecule has 0 spiro atoms. The quantitative estimate of drug-likeness (QED) is 0.290. The van der Waals surface area contributed by atoms with E-state index in [1.807, 2.05) is 0 Å². The minimum absolute atomic E-state index is 0.0373. The first kappa shape index (κ1) is 14.3. The standard InChI is InChI=1S/C13H11FN4O3/c14-8-2-3-10(9(5-8)12(15)18-21)17-13(20)7-1-4-11(19)16-6-7/h1-6,21H,(H2,15,18)(H,16,19)(H,17,20). The summed E-state index contributed by atoms with van der Waals surface area (Å²) in [6.45, 7) is 0. The second-order valence-corrected chi connectivity index (χ2v) is 4.07. The SMILES string of the molecule is N/C(=N/O)c1cc(F)ccc1NC(=O)c1ccc(=O)[nH]c1. The fourth-order valence-electron chi connectivity index (χ4n) is 1.64. The zero-order chi connectivity index (χ0) is 15.4. The van der Waals surface area contributed by atoms with Gasteiger partial charge in [0.25, 0.3) is 5.91 Å². The molecule has 8 heteroatoms. The average molecular weight is 290 g/mol. The van der Waals surface area contributed by atoms with Gasteiger partial charge >= 0.3 is 0 Å². The number of aromatic nitrogens is 1. The first-order valence-corrected chi connectivity index (χ1v) is 5.79. The van der Waals surface area contributed by atoms with Crippen molar-refractivity contribution < 1.29 is 14.4 Å². The van der Waals surface area contributed by atoms with Gasteiger partial charge in [-0.25, -0.2) is 4.39 Å². The van der Waals surface area contributed by atoms with Gasteiger partial charge in [-0.1, -0.05) is 5.16 Å². The molecule has 5 N–H and O–H groups in total. The van der Waals surface area contributed by atoms with E-state index in [1.54, 1.807) is 0 Å². The third kappa shape index (κ3) is 3.24. The van der Waals surface area contributed by atoms with Crippen LogP contribution in [0.3, 0.4) is 0 Å². The van der Waals surface area contributed by atoms with Gasteiger partial charge in [0, 0.05) is 17.8 Å². The number of oxime groups is 1. The Balaban J connectivity index is 2.33. The molecule has 7 nitrogen and oxygen atoms in total. The van der Waals surface area contributed by atoms with Crippen molar-refractivity contribution in [2.45, 2.75) is 0 Å². The number of H-pyrrole nitrogens is 1. The third-order valence-corrected chi connectivity index (χ3v) is 2.66. The zero-order valence-electron chi connectivity index (χ0n) is 10.6. The van der Waals surface area contributed by atoms with E-state index in [1.165, 1.54) is 24.4 Å². The molecule has 0 aliphatic heterocycles. The predicted molar refractivity (Wildman–Crippen MR) is 73.9 cm³/mol. The highest BCUT2D eigenvalue weighted by molar-refractivity contribution is 6.09. The van der Waals surface area contributed by atoms with Crippen molar-refractivity contribution in [3.05, 3.63) is 63.8 Å². The number of anilines is 1. The lowest BCUT2D eigenvalue weighted by Gasteiger charge is -2.10. The molecular formula is C13H11FN4O3. The van der Waals surface area contributed by atoms with Gasteiger partial charge in [0.1, 0.15) is 5.82 Å². The maximum atomic E-state index is 13.2. The first-order valence-electron chi connectivity index (χ1n) is 5.79. The lowest BCUT2D eigenvalue weighted by Crippen LogP contribution is -2.20. The molecule has 0 aliphatic rings. The van der Waals surface area contributed by atoms with Crippen LogP contribution in [-0.4, -0.2) is 21.9 Å². The van der Waals surface area contributed by atoms with E-state index in [2.05, 4.69) is 15.5 Å². The number of nitrogens with one attached hydrogen (secondary N) is 2. The summed E-state index contributed by atoms with van der Waals surface area (Å²) < 4.78 is 13.2.